The zero-order valence-corrected chi connectivity index (χ0v) is 22.2. The molecule has 3 heterocycles. The van der Waals surface area contributed by atoms with Crippen LogP contribution in [-0.4, -0.2) is 39.8 Å². The van der Waals surface area contributed by atoms with Crippen LogP contribution in [0.2, 0.25) is 0 Å². The van der Waals surface area contributed by atoms with Crippen LogP contribution in [0.5, 0.6) is 0 Å². The molecule has 8 heteroatoms. The molecule has 2 aromatic heterocycles. The Balaban J connectivity index is 1.50. The molecule has 38 heavy (non-hydrogen) atoms. The lowest BCUT2D eigenvalue weighted by atomic mass is 9.97. The number of carbonyl (C=O) groups excluding carboxylic acids is 2. The third kappa shape index (κ3) is 7.04. The van der Waals surface area contributed by atoms with Gasteiger partial charge in [0.1, 0.15) is 0 Å². The first-order valence-electron chi connectivity index (χ1n) is 13.1. The first-order chi connectivity index (χ1) is 18.3. The lowest BCUT2D eigenvalue weighted by Crippen LogP contribution is -2.29. The van der Waals surface area contributed by atoms with E-state index in [4.69, 9.17) is 5.73 Å². The van der Waals surface area contributed by atoms with Crippen molar-refractivity contribution in [1.29, 1.82) is 0 Å². The number of nitrogens with zero attached hydrogens (tertiary/aromatic N) is 3. The number of pyridine rings is 2. The predicted molar refractivity (Wildman–Crippen MR) is 153 cm³/mol. The highest BCUT2D eigenvalue weighted by Gasteiger charge is 2.17. The topological polar surface area (TPSA) is 113 Å². The van der Waals surface area contributed by atoms with E-state index in [1.165, 1.54) is 25.5 Å². The zero-order valence-electron chi connectivity index (χ0n) is 22.2. The van der Waals surface area contributed by atoms with Crippen molar-refractivity contribution in [1.82, 2.24) is 14.9 Å². The molecule has 1 aromatic carbocycles. The van der Waals surface area contributed by atoms with Crippen molar-refractivity contribution >= 4 is 34.4 Å². The van der Waals surface area contributed by atoms with Gasteiger partial charge in [-0.1, -0.05) is 32.9 Å². The number of nitrogens with one attached hydrogen (secondary N) is 2. The molecule has 0 saturated carbocycles. The Morgan fingerprint density at radius 1 is 0.974 bits per heavy atom. The Morgan fingerprint density at radius 3 is 2.53 bits per heavy atom. The molecule has 198 valence electrons. The third-order valence-corrected chi connectivity index (χ3v) is 6.57. The number of nitrogen functional groups attached to an aromatic ring is 1. The summed E-state index contributed by atoms with van der Waals surface area (Å²) in [5, 5.41) is 5.66. The van der Waals surface area contributed by atoms with E-state index in [-0.39, 0.29) is 17.4 Å². The summed E-state index contributed by atoms with van der Waals surface area (Å²) >= 11 is 0. The molecule has 0 bridgehead atoms. The van der Waals surface area contributed by atoms with E-state index in [1.807, 2.05) is 38.4 Å². The number of carbonyl (C=O) groups is 2. The number of rotatable bonds is 9. The largest absolute Gasteiger partial charge is 0.398 e. The van der Waals surface area contributed by atoms with Gasteiger partial charge in [0.05, 0.1) is 17.6 Å². The SMILES string of the molecule is C=C(C(=O)Nc1cnccc1NC(=O)CC(C)C)c1cc(-c2cncc(CN3CCCCC3)c2)ccc1N. The van der Waals surface area contributed by atoms with Crippen molar-refractivity contribution in [3.63, 3.8) is 0 Å². The summed E-state index contributed by atoms with van der Waals surface area (Å²) in [6.45, 7) is 11.1. The summed E-state index contributed by atoms with van der Waals surface area (Å²) in [4.78, 5) is 36.5. The van der Waals surface area contributed by atoms with Crippen LogP contribution in [0.3, 0.4) is 0 Å². The fraction of sp³-hybridized carbons (Fsp3) is 0.333. The van der Waals surface area contributed by atoms with Gasteiger partial charge in [-0.2, -0.15) is 0 Å². The second-order valence-electron chi connectivity index (χ2n) is 10.2. The highest BCUT2D eigenvalue weighted by atomic mass is 16.2. The molecule has 0 radical (unpaired) electrons. The molecule has 1 saturated heterocycles. The highest BCUT2D eigenvalue weighted by molar-refractivity contribution is 6.26. The molecule has 2 amide bonds. The number of aromatic nitrogens is 2. The normalized spacial score (nSPS) is 13.8. The van der Waals surface area contributed by atoms with E-state index in [0.717, 1.165) is 36.3 Å². The summed E-state index contributed by atoms with van der Waals surface area (Å²) in [7, 11) is 0. The summed E-state index contributed by atoms with van der Waals surface area (Å²) in [6.07, 6.45) is 10.9. The van der Waals surface area contributed by atoms with Crippen LogP contribution >= 0.6 is 0 Å². The number of piperidine rings is 1. The average Bonchev–Trinajstić information content (AvgIpc) is 2.90. The smallest absolute Gasteiger partial charge is 0.255 e. The molecule has 1 fully saturated rings. The predicted octanol–water partition coefficient (Wildman–Crippen LogP) is 5.35. The first-order valence-corrected chi connectivity index (χ1v) is 13.1. The second-order valence-corrected chi connectivity index (χ2v) is 10.2. The standard InChI is InChI=1S/C30H36N6O2/c1-20(2)13-29(37)34-27-9-10-32-18-28(27)35-30(38)21(3)25-15-23(7-8-26(25)31)24-14-22(16-33-17-24)19-36-11-5-4-6-12-36/h7-10,14-18,20H,3-6,11-13,19,31H2,1-2H3,(H,35,38)(H,32,34,37). The minimum Gasteiger partial charge on any atom is -0.398 e. The fourth-order valence-electron chi connectivity index (χ4n) is 4.60. The molecule has 3 aromatic rings. The Labute approximate surface area is 224 Å². The van der Waals surface area contributed by atoms with E-state index in [9.17, 15) is 9.59 Å². The summed E-state index contributed by atoms with van der Waals surface area (Å²) < 4.78 is 0. The number of nitrogens with two attached hydrogens (primary N) is 1. The summed E-state index contributed by atoms with van der Waals surface area (Å²) in [5.41, 5.74) is 11.3. The van der Waals surface area contributed by atoms with Crippen LogP contribution in [0.4, 0.5) is 17.1 Å². The van der Waals surface area contributed by atoms with Gasteiger partial charge >= 0.3 is 0 Å². The highest BCUT2D eigenvalue weighted by Crippen LogP contribution is 2.30. The molecule has 4 N–H and O–H groups in total. The van der Waals surface area contributed by atoms with E-state index in [0.29, 0.717) is 29.0 Å². The van der Waals surface area contributed by atoms with E-state index in [1.54, 1.807) is 18.3 Å². The van der Waals surface area contributed by atoms with Gasteiger partial charge in [-0.05, 0) is 67.2 Å². The Bertz CT molecular complexity index is 1310. The van der Waals surface area contributed by atoms with E-state index in [2.05, 4.69) is 38.1 Å². The van der Waals surface area contributed by atoms with Gasteiger partial charge < -0.3 is 16.4 Å². The molecule has 4 rings (SSSR count). The van der Waals surface area contributed by atoms with Crippen molar-refractivity contribution in [3.05, 3.63) is 72.8 Å². The number of anilines is 3. The molecule has 1 aliphatic rings. The van der Waals surface area contributed by atoms with Crippen LogP contribution in [0, 0.1) is 5.92 Å². The third-order valence-electron chi connectivity index (χ3n) is 6.57. The lowest BCUT2D eigenvalue weighted by molar-refractivity contribution is -0.117. The average molecular weight is 513 g/mol. The maximum Gasteiger partial charge on any atom is 0.255 e. The van der Waals surface area contributed by atoms with Crippen molar-refractivity contribution in [3.8, 4) is 11.1 Å². The van der Waals surface area contributed by atoms with Crippen LogP contribution < -0.4 is 16.4 Å². The molecule has 0 spiro atoms. The molecule has 0 unspecified atom stereocenters. The molecule has 1 aliphatic heterocycles. The number of hydrogen-bond acceptors (Lipinski definition) is 6. The molecular weight excluding hydrogens is 476 g/mol. The molecule has 8 nitrogen and oxygen atoms in total. The van der Waals surface area contributed by atoms with Crippen LogP contribution in [0.25, 0.3) is 16.7 Å². The van der Waals surface area contributed by atoms with Gasteiger partial charge in [-0.3, -0.25) is 24.5 Å². The summed E-state index contributed by atoms with van der Waals surface area (Å²) in [6, 6.07) is 9.36. The number of benzene rings is 1. The molecule has 0 aliphatic carbocycles. The van der Waals surface area contributed by atoms with Crippen LogP contribution in [-0.2, 0) is 16.1 Å². The maximum absolute atomic E-state index is 13.2. The monoisotopic (exact) mass is 512 g/mol. The number of hydrogen-bond donors (Lipinski definition) is 3. The number of amides is 2. The van der Waals surface area contributed by atoms with Crippen LogP contribution in [0.15, 0.2) is 61.7 Å². The number of likely N-dealkylation sites (tertiary alicyclic amines) is 1. The fourth-order valence-corrected chi connectivity index (χ4v) is 4.60. The van der Waals surface area contributed by atoms with Crippen molar-refractivity contribution in [2.24, 2.45) is 5.92 Å². The van der Waals surface area contributed by atoms with Gasteiger partial charge in [0.15, 0.2) is 0 Å². The minimum atomic E-state index is -0.432. The summed E-state index contributed by atoms with van der Waals surface area (Å²) in [5.74, 6) is -0.350. The zero-order chi connectivity index (χ0) is 27.1. The quantitative estimate of drug-likeness (QED) is 0.263. The maximum atomic E-state index is 13.2. The van der Waals surface area contributed by atoms with Gasteiger partial charge in [0.25, 0.3) is 5.91 Å². The lowest BCUT2D eigenvalue weighted by Gasteiger charge is -2.26. The van der Waals surface area contributed by atoms with Gasteiger partial charge in [-0.15, -0.1) is 0 Å². The first kappa shape index (κ1) is 27.0. The molecule has 0 atom stereocenters. The Kier molecular flexibility index (Phi) is 8.86. The Morgan fingerprint density at radius 2 is 1.76 bits per heavy atom. The van der Waals surface area contributed by atoms with Gasteiger partial charge in [-0.25, -0.2) is 0 Å². The van der Waals surface area contributed by atoms with E-state index >= 15 is 0 Å². The van der Waals surface area contributed by atoms with Crippen molar-refractivity contribution < 1.29 is 9.59 Å². The molecular formula is C30H36N6O2. The van der Waals surface area contributed by atoms with Crippen molar-refractivity contribution in [2.75, 3.05) is 29.5 Å². The Hall–Kier alpha value is -4.04. The van der Waals surface area contributed by atoms with Crippen molar-refractivity contribution in [2.45, 2.75) is 46.1 Å². The van der Waals surface area contributed by atoms with Gasteiger partial charge in [0, 0.05) is 53.9 Å². The van der Waals surface area contributed by atoms with Gasteiger partial charge in [0.2, 0.25) is 5.91 Å². The van der Waals surface area contributed by atoms with Crippen LogP contribution in [0.1, 0.15) is 50.7 Å². The second kappa shape index (κ2) is 12.5. The van der Waals surface area contributed by atoms with E-state index < -0.39 is 5.91 Å². The minimum absolute atomic E-state index is 0.131.